The Morgan fingerprint density at radius 3 is 1.03 bits per heavy atom. The summed E-state index contributed by atoms with van der Waals surface area (Å²) in [4.78, 5) is 0. The van der Waals surface area contributed by atoms with E-state index >= 15 is 0 Å². The van der Waals surface area contributed by atoms with E-state index in [1.807, 2.05) is 0 Å². The first-order chi connectivity index (χ1) is 13.3. The van der Waals surface area contributed by atoms with Crippen molar-refractivity contribution in [2.45, 2.75) is 105 Å². The van der Waals surface area contributed by atoms with Crippen LogP contribution >= 0.6 is 7.55 Å². The van der Waals surface area contributed by atoms with Crippen molar-refractivity contribution in [1.29, 1.82) is 0 Å². The summed E-state index contributed by atoms with van der Waals surface area (Å²) < 4.78 is 0. The third-order valence-corrected chi connectivity index (χ3v) is 7.87. The molecule has 2 aromatic carbocycles. The summed E-state index contributed by atoms with van der Waals surface area (Å²) in [5.74, 6) is 0. The summed E-state index contributed by atoms with van der Waals surface area (Å²) in [7, 11) is -0.687. The van der Waals surface area contributed by atoms with E-state index in [2.05, 4.69) is 119 Å². The van der Waals surface area contributed by atoms with Crippen molar-refractivity contribution in [3.05, 3.63) is 58.7 Å². The molecule has 30 heavy (non-hydrogen) atoms. The molecule has 0 N–H and O–H groups in total. The molecule has 0 amide bonds. The van der Waals surface area contributed by atoms with Crippen molar-refractivity contribution in [3.8, 4) is 0 Å². The Bertz CT molecular complexity index is 855. The van der Waals surface area contributed by atoms with Crippen molar-refractivity contribution in [3.63, 3.8) is 0 Å². The molecule has 0 aliphatic rings. The van der Waals surface area contributed by atoms with Gasteiger partial charge in [0.05, 0.1) is 0 Å². The highest BCUT2D eigenvalue weighted by Crippen LogP contribution is 2.36. The third kappa shape index (κ3) is 5.45. The van der Waals surface area contributed by atoms with E-state index in [-0.39, 0.29) is 21.7 Å². The first-order valence-corrected chi connectivity index (χ1v) is 12.8. The first-order valence-electron chi connectivity index (χ1n) is 11.2. The molecule has 0 aliphatic carbocycles. The Hall–Kier alpha value is -1.39. The molecule has 165 valence electrons. The molecular formula is C29H44P. The van der Waals surface area contributed by atoms with Gasteiger partial charge in [-0.2, -0.15) is 0 Å². The van der Waals surface area contributed by atoms with Crippen LogP contribution in [0.4, 0.5) is 0 Å². The van der Waals surface area contributed by atoms with Gasteiger partial charge in [-0.3, -0.25) is 0 Å². The minimum Gasteiger partial charge on any atom is -0.0927 e. The smallest absolute Gasteiger partial charge is 0.00159 e. The molecule has 1 heteroatoms. The second-order valence-corrected chi connectivity index (χ2v) is 14.7. The van der Waals surface area contributed by atoms with Gasteiger partial charge in [-0.25, -0.2) is 0 Å². The third-order valence-electron chi connectivity index (χ3n) is 5.92. The molecule has 0 aromatic heterocycles. The predicted octanol–water partition coefficient (Wildman–Crippen LogP) is 7.74. The average Bonchev–Trinajstić information content (AvgIpc) is 2.57. The predicted molar refractivity (Wildman–Crippen MR) is 141 cm³/mol. The van der Waals surface area contributed by atoms with E-state index in [9.17, 15) is 0 Å². The zero-order valence-electron chi connectivity index (χ0n) is 21.6. The van der Waals surface area contributed by atoms with Crippen molar-refractivity contribution in [1.82, 2.24) is 0 Å². The molecule has 1 radical (unpaired) electrons. The van der Waals surface area contributed by atoms with Gasteiger partial charge in [0.25, 0.3) is 0 Å². The summed E-state index contributed by atoms with van der Waals surface area (Å²) in [5, 5.41) is 2.83. The topological polar surface area (TPSA) is 0 Å². The highest BCUT2D eigenvalue weighted by atomic mass is 31.1. The monoisotopic (exact) mass is 423 g/mol. The Balaban J connectivity index is 2.74. The number of hydrogen-bond donors (Lipinski definition) is 0. The SMILES string of the molecule is C=[P](c1ccc(C(C)(C)C)cc1C(C)(C)C)c1ccc(C(C)(C)C)cc1C(C)(C)C. The van der Waals surface area contributed by atoms with Crippen molar-refractivity contribution >= 4 is 24.5 Å². The van der Waals surface area contributed by atoms with Crippen molar-refractivity contribution < 1.29 is 0 Å². The lowest BCUT2D eigenvalue weighted by atomic mass is 9.80. The molecule has 0 bridgehead atoms. The van der Waals surface area contributed by atoms with Crippen LogP contribution in [-0.2, 0) is 21.7 Å². The van der Waals surface area contributed by atoms with Crippen LogP contribution in [0.2, 0.25) is 0 Å². The van der Waals surface area contributed by atoms with Crippen LogP contribution in [0.15, 0.2) is 36.4 Å². The summed E-state index contributed by atoms with van der Waals surface area (Å²) in [5.41, 5.74) is 6.15. The number of rotatable bonds is 2. The van der Waals surface area contributed by atoms with Gasteiger partial charge in [0, 0.05) is 10.6 Å². The van der Waals surface area contributed by atoms with Crippen molar-refractivity contribution in [2.75, 3.05) is 0 Å². The molecule has 0 heterocycles. The Morgan fingerprint density at radius 1 is 0.500 bits per heavy atom. The summed E-state index contributed by atoms with van der Waals surface area (Å²) >= 11 is 0. The maximum absolute atomic E-state index is 4.78. The van der Waals surface area contributed by atoms with Crippen LogP contribution in [0.3, 0.4) is 0 Å². The molecule has 0 saturated carbocycles. The van der Waals surface area contributed by atoms with Gasteiger partial charge < -0.3 is 0 Å². The molecule has 0 nitrogen and oxygen atoms in total. The Labute approximate surface area is 187 Å². The number of benzene rings is 2. The first kappa shape index (κ1) is 24.9. The molecule has 2 rings (SSSR count). The van der Waals surface area contributed by atoms with Gasteiger partial charge in [-0.15, -0.1) is 0 Å². The fraction of sp³-hybridized carbons (Fsp3) is 0.552. The maximum Gasteiger partial charge on any atom is 0.00159 e. The zero-order valence-corrected chi connectivity index (χ0v) is 22.5. The highest BCUT2D eigenvalue weighted by molar-refractivity contribution is 7.71. The van der Waals surface area contributed by atoms with E-state index < -0.39 is 7.55 Å². The fourth-order valence-electron chi connectivity index (χ4n) is 3.81. The van der Waals surface area contributed by atoms with E-state index in [1.165, 1.54) is 32.9 Å². The molecule has 0 atom stereocenters. The van der Waals surface area contributed by atoms with Gasteiger partial charge >= 0.3 is 0 Å². The fourth-order valence-corrected chi connectivity index (χ4v) is 5.96. The van der Waals surface area contributed by atoms with E-state index in [0.29, 0.717) is 0 Å². The van der Waals surface area contributed by atoms with Crippen LogP contribution in [0.5, 0.6) is 0 Å². The van der Waals surface area contributed by atoms with Gasteiger partial charge in [0.2, 0.25) is 0 Å². The normalized spacial score (nSPS) is 13.5. The van der Waals surface area contributed by atoms with Gasteiger partial charge in [0.15, 0.2) is 0 Å². The molecule has 0 spiro atoms. The Morgan fingerprint density at radius 2 is 0.800 bits per heavy atom. The lowest BCUT2D eigenvalue weighted by Crippen LogP contribution is -2.28. The second kappa shape index (κ2) is 7.94. The lowest BCUT2D eigenvalue weighted by molar-refractivity contribution is 0.571. The average molecular weight is 424 g/mol. The zero-order chi connectivity index (χ0) is 23.3. The molecule has 0 unspecified atom stereocenters. The summed E-state index contributed by atoms with van der Waals surface area (Å²) in [6, 6.07) is 14.3. The van der Waals surface area contributed by atoms with E-state index in [4.69, 9.17) is 6.30 Å². The summed E-state index contributed by atoms with van der Waals surface area (Å²) in [6.45, 7) is 27.7. The van der Waals surface area contributed by atoms with Gasteiger partial charge in [-0.1, -0.05) is 133 Å². The van der Waals surface area contributed by atoms with E-state index in [1.54, 1.807) is 0 Å². The summed E-state index contributed by atoms with van der Waals surface area (Å²) in [6.07, 6.45) is 4.78. The maximum atomic E-state index is 4.78. The standard InChI is InChI=1S/C29H44P/c1-26(2,3)20-14-16-24(22(18-20)28(7,8)9)30(13)25-17-15-21(27(4,5)6)19-23(25)29(10,11)12/h14-19H,13H2,1-12H3. The largest absolute Gasteiger partial charge is 0.0927 e. The van der Waals surface area contributed by atoms with Crippen LogP contribution in [0, 0.1) is 0 Å². The molecule has 0 aliphatic heterocycles. The van der Waals surface area contributed by atoms with Crippen LogP contribution in [0.1, 0.15) is 105 Å². The highest BCUT2D eigenvalue weighted by Gasteiger charge is 2.27. The van der Waals surface area contributed by atoms with Crippen LogP contribution < -0.4 is 10.6 Å². The van der Waals surface area contributed by atoms with Crippen LogP contribution in [0.25, 0.3) is 0 Å². The van der Waals surface area contributed by atoms with Crippen molar-refractivity contribution in [2.24, 2.45) is 0 Å². The van der Waals surface area contributed by atoms with E-state index in [0.717, 1.165) is 0 Å². The minimum atomic E-state index is -0.687. The minimum absolute atomic E-state index is 0.0854. The second-order valence-electron chi connectivity index (χ2n) is 12.9. The van der Waals surface area contributed by atoms with Gasteiger partial charge in [0.1, 0.15) is 0 Å². The molecule has 0 fully saturated rings. The Kier molecular flexibility index (Phi) is 6.59. The lowest BCUT2D eigenvalue weighted by Gasteiger charge is -2.31. The molecular weight excluding hydrogens is 379 g/mol. The van der Waals surface area contributed by atoms with Gasteiger partial charge in [-0.05, 0) is 43.9 Å². The number of hydrogen-bond acceptors (Lipinski definition) is 0. The quantitative estimate of drug-likeness (QED) is 0.433. The van der Waals surface area contributed by atoms with Crippen LogP contribution in [-0.4, -0.2) is 6.30 Å². The molecule has 0 saturated heterocycles. The molecule has 2 aromatic rings.